The van der Waals surface area contributed by atoms with Crippen molar-refractivity contribution in [1.82, 2.24) is 15.5 Å². The number of fused-ring (bicyclic) bond motifs is 1. The third-order valence-corrected chi connectivity index (χ3v) is 5.36. The number of aromatic nitrogens is 2. The van der Waals surface area contributed by atoms with Crippen molar-refractivity contribution in [1.29, 1.82) is 0 Å². The number of rotatable bonds is 7. The summed E-state index contributed by atoms with van der Waals surface area (Å²) < 4.78 is 16.2. The normalized spacial score (nSPS) is 11.9. The number of nitrogens with one attached hydrogen (secondary N) is 2. The number of aryl methyl sites for hydroxylation is 2. The van der Waals surface area contributed by atoms with Gasteiger partial charge in [0.05, 0.1) is 12.3 Å². The van der Waals surface area contributed by atoms with Crippen LogP contribution in [0.1, 0.15) is 11.1 Å². The van der Waals surface area contributed by atoms with E-state index in [1.165, 1.54) is 0 Å². The van der Waals surface area contributed by atoms with Crippen molar-refractivity contribution in [3.63, 3.8) is 0 Å². The molecule has 0 aliphatic carbocycles. The zero-order valence-corrected chi connectivity index (χ0v) is 17.7. The average Bonchev–Trinajstić information content (AvgIpc) is 3.42. The molecule has 9 nitrogen and oxygen atoms in total. The van der Waals surface area contributed by atoms with Gasteiger partial charge in [-0.25, -0.2) is 0 Å². The van der Waals surface area contributed by atoms with Crippen LogP contribution in [0.5, 0.6) is 11.5 Å². The minimum atomic E-state index is -0.315. The zero-order valence-electron chi connectivity index (χ0n) is 16.9. The van der Waals surface area contributed by atoms with Gasteiger partial charge in [-0.3, -0.25) is 9.59 Å². The zero-order chi connectivity index (χ0) is 21.8. The lowest BCUT2D eigenvalue weighted by Gasteiger charge is -2.11. The molecule has 1 aromatic heterocycles. The number of benzene rings is 2. The second-order valence-corrected chi connectivity index (χ2v) is 7.75. The first kappa shape index (κ1) is 20.7. The number of hydrogen-bond acceptors (Lipinski definition) is 8. The Hall–Kier alpha value is -3.53. The van der Waals surface area contributed by atoms with Crippen molar-refractivity contribution in [2.24, 2.45) is 0 Å². The van der Waals surface area contributed by atoms with Crippen LogP contribution < -0.4 is 20.1 Å². The maximum atomic E-state index is 12.1. The molecule has 0 spiro atoms. The molecule has 0 saturated heterocycles. The third kappa shape index (κ3) is 4.97. The van der Waals surface area contributed by atoms with Crippen LogP contribution >= 0.6 is 11.8 Å². The molecule has 0 bridgehead atoms. The van der Waals surface area contributed by atoms with E-state index in [0.717, 1.165) is 28.6 Å². The van der Waals surface area contributed by atoms with Gasteiger partial charge < -0.3 is 24.5 Å². The highest BCUT2D eigenvalue weighted by Gasteiger charge is 2.17. The van der Waals surface area contributed by atoms with Crippen LogP contribution in [0.3, 0.4) is 0 Å². The fourth-order valence-electron chi connectivity index (χ4n) is 2.97. The highest BCUT2D eigenvalue weighted by molar-refractivity contribution is 7.99. The number of anilines is 1. The average molecular weight is 440 g/mol. The Kier molecular flexibility index (Phi) is 6.08. The van der Waals surface area contributed by atoms with Crippen molar-refractivity contribution in [2.75, 3.05) is 24.4 Å². The van der Waals surface area contributed by atoms with Crippen LogP contribution in [-0.2, 0) is 9.59 Å². The summed E-state index contributed by atoms with van der Waals surface area (Å²) in [6.45, 7) is 3.89. The van der Waals surface area contributed by atoms with Gasteiger partial charge in [-0.1, -0.05) is 30.0 Å². The van der Waals surface area contributed by atoms with Crippen molar-refractivity contribution in [3.8, 4) is 23.0 Å². The highest BCUT2D eigenvalue weighted by atomic mass is 32.2. The van der Waals surface area contributed by atoms with E-state index >= 15 is 0 Å². The van der Waals surface area contributed by atoms with Crippen molar-refractivity contribution >= 4 is 29.3 Å². The lowest BCUT2D eigenvalue weighted by molar-refractivity contribution is -0.122. The SMILES string of the molecule is Cc1cccc(C)c1NC(=O)CNC(=O)CSc1nnc(-c2ccc3c(c2)OCO3)o1. The summed E-state index contributed by atoms with van der Waals surface area (Å²) in [4.78, 5) is 24.2. The lowest BCUT2D eigenvalue weighted by Crippen LogP contribution is -2.34. The fraction of sp³-hybridized carbons (Fsp3) is 0.238. The predicted octanol–water partition coefficient (Wildman–Crippen LogP) is 2.93. The van der Waals surface area contributed by atoms with Gasteiger partial charge in [0.1, 0.15) is 0 Å². The summed E-state index contributed by atoms with van der Waals surface area (Å²) in [5, 5.41) is 13.6. The lowest BCUT2D eigenvalue weighted by atomic mass is 10.1. The Morgan fingerprint density at radius 2 is 1.81 bits per heavy atom. The largest absolute Gasteiger partial charge is 0.454 e. The van der Waals surface area contributed by atoms with Crippen LogP contribution in [0.2, 0.25) is 0 Å². The Morgan fingerprint density at radius 1 is 1.03 bits per heavy atom. The number of amides is 2. The maximum absolute atomic E-state index is 12.1. The topological polar surface area (TPSA) is 116 Å². The molecule has 4 rings (SSSR count). The molecule has 0 unspecified atom stereocenters. The van der Waals surface area contributed by atoms with Crippen LogP contribution in [0.15, 0.2) is 46.0 Å². The standard InChI is InChI=1S/C21H20N4O5S/c1-12-4-3-5-13(2)19(12)23-17(26)9-22-18(27)10-31-21-25-24-20(30-21)14-6-7-15-16(8-14)29-11-28-15/h3-8H,9-11H2,1-2H3,(H,22,27)(H,23,26). The molecule has 2 N–H and O–H groups in total. The van der Waals surface area contributed by atoms with Crippen LogP contribution in [0.25, 0.3) is 11.5 Å². The molecule has 2 aromatic carbocycles. The van der Waals surface area contributed by atoms with E-state index < -0.39 is 0 Å². The van der Waals surface area contributed by atoms with E-state index in [-0.39, 0.29) is 36.1 Å². The van der Waals surface area contributed by atoms with Crippen molar-refractivity contribution < 1.29 is 23.5 Å². The number of nitrogens with zero attached hydrogens (tertiary/aromatic N) is 2. The van der Waals surface area contributed by atoms with Gasteiger partial charge >= 0.3 is 0 Å². The van der Waals surface area contributed by atoms with Gasteiger partial charge in [-0.15, -0.1) is 10.2 Å². The van der Waals surface area contributed by atoms with E-state index in [9.17, 15) is 9.59 Å². The Balaban J connectivity index is 1.25. The van der Waals surface area contributed by atoms with E-state index in [2.05, 4.69) is 20.8 Å². The summed E-state index contributed by atoms with van der Waals surface area (Å²) in [5.74, 6) is 1.02. The van der Waals surface area contributed by atoms with E-state index in [1.54, 1.807) is 18.2 Å². The second kappa shape index (κ2) is 9.09. The highest BCUT2D eigenvalue weighted by Crippen LogP contribution is 2.36. The molecule has 0 fully saturated rings. The first-order valence-corrected chi connectivity index (χ1v) is 10.5. The van der Waals surface area contributed by atoms with Crippen molar-refractivity contribution in [2.45, 2.75) is 19.1 Å². The van der Waals surface area contributed by atoms with E-state index in [4.69, 9.17) is 13.9 Å². The molecule has 0 saturated carbocycles. The molecule has 1 aliphatic rings. The molecule has 2 amide bonds. The summed E-state index contributed by atoms with van der Waals surface area (Å²) in [5.41, 5.74) is 3.38. The molecule has 1 aliphatic heterocycles. The molecule has 160 valence electrons. The predicted molar refractivity (Wildman–Crippen MR) is 114 cm³/mol. The van der Waals surface area contributed by atoms with Gasteiger partial charge in [0.15, 0.2) is 11.5 Å². The summed E-state index contributed by atoms with van der Waals surface area (Å²) in [7, 11) is 0. The minimum absolute atomic E-state index is 0.0411. The monoisotopic (exact) mass is 440 g/mol. The van der Waals surface area contributed by atoms with Crippen LogP contribution in [0, 0.1) is 13.8 Å². The molecule has 2 heterocycles. The number of thioether (sulfide) groups is 1. The molecule has 3 aromatic rings. The smallest absolute Gasteiger partial charge is 0.277 e. The molecular weight excluding hydrogens is 420 g/mol. The number of carbonyl (C=O) groups is 2. The van der Waals surface area contributed by atoms with Gasteiger partial charge in [-0.2, -0.15) is 0 Å². The first-order chi connectivity index (χ1) is 15.0. The number of hydrogen-bond donors (Lipinski definition) is 2. The van der Waals surface area contributed by atoms with E-state index in [0.29, 0.717) is 23.0 Å². The maximum Gasteiger partial charge on any atom is 0.277 e. The number of ether oxygens (including phenoxy) is 2. The first-order valence-electron chi connectivity index (χ1n) is 9.48. The van der Waals surface area contributed by atoms with Gasteiger partial charge in [0.2, 0.25) is 24.5 Å². The molecule has 0 radical (unpaired) electrons. The summed E-state index contributed by atoms with van der Waals surface area (Å²) in [6, 6.07) is 11.1. The van der Waals surface area contributed by atoms with Gasteiger partial charge in [0.25, 0.3) is 5.22 Å². The van der Waals surface area contributed by atoms with Gasteiger partial charge in [0, 0.05) is 11.3 Å². The Morgan fingerprint density at radius 3 is 2.61 bits per heavy atom. The van der Waals surface area contributed by atoms with Crippen LogP contribution in [0.4, 0.5) is 5.69 Å². The van der Waals surface area contributed by atoms with Gasteiger partial charge in [-0.05, 0) is 43.2 Å². The molecular formula is C21H20N4O5S. The molecule has 31 heavy (non-hydrogen) atoms. The van der Waals surface area contributed by atoms with Crippen LogP contribution in [-0.4, -0.2) is 41.1 Å². The molecule has 0 atom stereocenters. The van der Waals surface area contributed by atoms with Crippen molar-refractivity contribution in [3.05, 3.63) is 47.5 Å². The number of para-hydroxylation sites is 1. The Labute approximate surface area is 182 Å². The quantitative estimate of drug-likeness (QED) is 0.539. The van der Waals surface area contributed by atoms with E-state index in [1.807, 2.05) is 32.0 Å². The summed E-state index contributed by atoms with van der Waals surface area (Å²) >= 11 is 1.09. The summed E-state index contributed by atoms with van der Waals surface area (Å²) in [6.07, 6.45) is 0. The molecule has 10 heteroatoms. The minimum Gasteiger partial charge on any atom is -0.454 e. The second-order valence-electron chi connectivity index (χ2n) is 6.82. The number of carbonyl (C=O) groups excluding carboxylic acids is 2. The third-order valence-electron chi connectivity index (χ3n) is 4.54. The Bertz CT molecular complexity index is 1110. The fourth-order valence-corrected chi connectivity index (χ4v) is 3.56.